The van der Waals surface area contributed by atoms with Gasteiger partial charge in [0.15, 0.2) is 0 Å². The Bertz CT molecular complexity index is 306. The first kappa shape index (κ1) is 14.6. The van der Waals surface area contributed by atoms with E-state index in [4.69, 9.17) is 0 Å². The van der Waals surface area contributed by atoms with E-state index < -0.39 is 0 Å². The number of hydrogen-bond donors (Lipinski definition) is 1. The molecule has 0 amide bonds. The van der Waals surface area contributed by atoms with Crippen LogP contribution in [0.4, 0.5) is 0 Å². The molecule has 1 aromatic rings. The maximum atomic E-state index is 3.50. The Kier molecular flexibility index (Phi) is 6.51. The van der Waals surface area contributed by atoms with Crippen molar-refractivity contribution in [3.63, 3.8) is 0 Å². The minimum Gasteiger partial charge on any atom is -0.311 e. The average molecular weight is 370 g/mol. The van der Waals surface area contributed by atoms with Crippen LogP contribution >= 0.6 is 43.2 Å². The van der Waals surface area contributed by atoms with Crippen LogP contribution in [-0.4, -0.2) is 31.1 Å². The molecule has 0 spiro atoms. The van der Waals surface area contributed by atoms with Crippen LogP contribution in [0.1, 0.15) is 18.7 Å². The fraction of sp³-hybridized carbons (Fsp3) is 0.636. The molecule has 1 aromatic heterocycles. The van der Waals surface area contributed by atoms with Gasteiger partial charge in [0.25, 0.3) is 0 Å². The number of hydrogen-bond acceptors (Lipinski definition) is 3. The maximum absolute atomic E-state index is 3.50. The Morgan fingerprint density at radius 3 is 2.62 bits per heavy atom. The van der Waals surface area contributed by atoms with E-state index in [1.165, 1.54) is 8.66 Å². The molecule has 0 unspecified atom stereocenters. The molecule has 0 aliphatic heterocycles. The summed E-state index contributed by atoms with van der Waals surface area (Å²) in [5, 5.41) is 3.46. The Hall–Kier alpha value is 0.580. The number of nitrogens with one attached hydrogen (secondary N) is 1. The SMILES string of the molecule is CC(C)N(C)CCNCc1cc(Br)c(Br)s1. The second-order valence-corrected chi connectivity index (χ2v) is 7.39. The summed E-state index contributed by atoms with van der Waals surface area (Å²) in [7, 11) is 2.16. The minimum atomic E-state index is 0.617. The van der Waals surface area contributed by atoms with Gasteiger partial charge in [0.05, 0.1) is 3.79 Å². The monoisotopic (exact) mass is 368 g/mol. The Morgan fingerprint density at radius 2 is 2.12 bits per heavy atom. The second-order valence-electron chi connectivity index (χ2n) is 4.09. The van der Waals surface area contributed by atoms with Gasteiger partial charge >= 0.3 is 0 Å². The summed E-state index contributed by atoms with van der Waals surface area (Å²) in [6.07, 6.45) is 0. The second kappa shape index (κ2) is 7.11. The van der Waals surface area contributed by atoms with Gasteiger partial charge in [-0.3, -0.25) is 0 Å². The van der Waals surface area contributed by atoms with E-state index in [0.29, 0.717) is 6.04 Å². The molecule has 0 atom stereocenters. The van der Waals surface area contributed by atoms with Crippen LogP contribution in [0.25, 0.3) is 0 Å². The molecule has 0 fully saturated rings. The molecule has 0 saturated carbocycles. The van der Waals surface area contributed by atoms with Crippen molar-refractivity contribution in [2.24, 2.45) is 0 Å². The van der Waals surface area contributed by atoms with Crippen molar-refractivity contribution in [2.75, 3.05) is 20.1 Å². The summed E-state index contributed by atoms with van der Waals surface area (Å²) >= 11 is 8.77. The quantitative estimate of drug-likeness (QED) is 0.769. The van der Waals surface area contributed by atoms with Crippen molar-refractivity contribution in [2.45, 2.75) is 26.4 Å². The molecular weight excluding hydrogens is 352 g/mol. The molecule has 0 aliphatic rings. The van der Waals surface area contributed by atoms with Gasteiger partial charge in [-0.15, -0.1) is 11.3 Å². The topological polar surface area (TPSA) is 15.3 Å². The lowest BCUT2D eigenvalue weighted by molar-refractivity contribution is 0.273. The smallest absolute Gasteiger partial charge is 0.0843 e. The summed E-state index contributed by atoms with van der Waals surface area (Å²) in [6, 6.07) is 2.78. The van der Waals surface area contributed by atoms with E-state index in [2.05, 4.69) is 69.0 Å². The first-order chi connectivity index (χ1) is 7.50. The number of thiophene rings is 1. The fourth-order valence-corrected chi connectivity index (χ4v) is 3.35. The van der Waals surface area contributed by atoms with Crippen molar-refractivity contribution in [3.8, 4) is 0 Å². The average Bonchev–Trinajstić information content (AvgIpc) is 2.53. The lowest BCUT2D eigenvalue weighted by Gasteiger charge is -2.20. The van der Waals surface area contributed by atoms with Crippen LogP contribution < -0.4 is 5.32 Å². The maximum Gasteiger partial charge on any atom is 0.0843 e. The molecule has 1 rings (SSSR count). The molecule has 2 nitrogen and oxygen atoms in total. The standard InChI is InChI=1S/C11H18Br2N2S/c1-8(2)15(3)5-4-14-7-9-6-10(12)11(13)16-9/h6,8,14H,4-5,7H2,1-3H3. The van der Waals surface area contributed by atoms with Crippen molar-refractivity contribution in [1.82, 2.24) is 10.2 Å². The lowest BCUT2D eigenvalue weighted by atomic mass is 10.3. The first-order valence-corrected chi connectivity index (χ1v) is 7.75. The van der Waals surface area contributed by atoms with Gasteiger partial charge in [-0.25, -0.2) is 0 Å². The highest BCUT2D eigenvalue weighted by atomic mass is 79.9. The van der Waals surface area contributed by atoms with Gasteiger partial charge < -0.3 is 10.2 Å². The third-order valence-corrected chi connectivity index (χ3v) is 5.77. The summed E-state index contributed by atoms with van der Waals surface area (Å²) in [6.45, 7) is 7.50. The molecule has 0 radical (unpaired) electrons. The zero-order chi connectivity index (χ0) is 12.1. The van der Waals surface area contributed by atoms with Crippen LogP contribution in [0.2, 0.25) is 0 Å². The minimum absolute atomic E-state index is 0.617. The van der Waals surface area contributed by atoms with Crippen LogP contribution in [0.5, 0.6) is 0 Å². The summed E-state index contributed by atoms with van der Waals surface area (Å²) in [4.78, 5) is 3.69. The molecule has 0 saturated heterocycles. The highest BCUT2D eigenvalue weighted by molar-refractivity contribution is 9.13. The highest BCUT2D eigenvalue weighted by Crippen LogP contribution is 2.32. The summed E-state index contributed by atoms with van der Waals surface area (Å²) in [5.41, 5.74) is 0. The zero-order valence-electron chi connectivity index (χ0n) is 9.89. The van der Waals surface area contributed by atoms with Gasteiger partial charge in [0.1, 0.15) is 0 Å². The molecule has 0 bridgehead atoms. The van der Waals surface area contributed by atoms with E-state index in [0.717, 1.165) is 24.1 Å². The molecule has 1 N–H and O–H groups in total. The van der Waals surface area contributed by atoms with E-state index in [9.17, 15) is 0 Å². The van der Waals surface area contributed by atoms with E-state index in [1.807, 2.05) is 0 Å². The number of halogens is 2. The third kappa shape index (κ3) is 4.84. The van der Waals surface area contributed by atoms with Crippen LogP contribution in [0, 0.1) is 0 Å². The van der Waals surface area contributed by atoms with Crippen molar-refractivity contribution >= 4 is 43.2 Å². The molecule has 16 heavy (non-hydrogen) atoms. The van der Waals surface area contributed by atoms with Gasteiger partial charge in [-0.05, 0) is 58.8 Å². The zero-order valence-corrected chi connectivity index (χ0v) is 13.9. The highest BCUT2D eigenvalue weighted by Gasteiger charge is 2.04. The molecule has 0 aromatic carbocycles. The summed E-state index contributed by atoms with van der Waals surface area (Å²) < 4.78 is 2.32. The third-order valence-electron chi connectivity index (χ3n) is 2.52. The molecule has 1 heterocycles. The van der Waals surface area contributed by atoms with E-state index in [1.54, 1.807) is 11.3 Å². The first-order valence-electron chi connectivity index (χ1n) is 5.35. The molecule has 5 heteroatoms. The largest absolute Gasteiger partial charge is 0.311 e. The van der Waals surface area contributed by atoms with Crippen molar-refractivity contribution in [1.29, 1.82) is 0 Å². The van der Waals surface area contributed by atoms with Crippen LogP contribution in [-0.2, 0) is 6.54 Å². The van der Waals surface area contributed by atoms with Crippen molar-refractivity contribution in [3.05, 3.63) is 19.2 Å². The fourth-order valence-electron chi connectivity index (χ4n) is 1.20. The predicted molar refractivity (Wildman–Crippen MR) is 79.2 cm³/mol. The summed E-state index contributed by atoms with van der Waals surface area (Å²) in [5.74, 6) is 0. The van der Waals surface area contributed by atoms with Crippen molar-refractivity contribution < 1.29 is 0 Å². The van der Waals surface area contributed by atoms with Crippen LogP contribution in [0.15, 0.2) is 14.3 Å². The predicted octanol–water partition coefficient (Wildman–Crippen LogP) is 3.70. The van der Waals surface area contributed by atoms with Crippen LogP contribution in [0.3, 0.4) is 0 Å². The Morgan fingerprint density at radius 1 is 1.44 bits per heavy atom. The number of rotatable bonds is 6. The van der Waals surface area contributed by atoms with Gasteiger partial charge in [-0.1, -0.05) is 0 Å². The van der Waals surface area contributed by atoms with Gasteiger partial charge in [-0.2, -0.15) is 0 Å². The van der Waals surface area contributed by atoms with Gasteiger partial charge in [0.2, 0.25) is 0 Å². The number of nitrogens with zero attached hydrogens (tertiary/aromatic N) is 1. The Balaban J connectivity index is 2.21. The molecule has 0 aliphatic carbocycles. The van der Waals surface area contributed by atoms with E-state index in [-0.39, 0.29) is 0 Å². The normalized spacial score (nSPS) is 11.7. The molecule has 92 valence electrons. The number of likely N-dealkylation sites (N-methyl/N-ethyl adjacent to an activating group) is 1. The lowest BCUT2D eigenvalue weighted by Crippen LogP contribution is -2.33. The van der Waals surface area contributed by atoms with Gasteiger partial charge in [0, 0.05) is 35.0 Å². The molecular formula is C11H18Br2N2S. The van der Waals surface area contributed by atoms with E-state index >= 15 is 0 Å². The Labute approximate surface area is 119 Å².